The summed E-state index contributed by atoms with van der Waals surface area (Å²) in [5.74, 6) is 1.81. The lowest BCUT2D eigenvalue weighted by Gasteiger charge is -2.38. The Kier molecular flexibility index (Phi) is 5.51. The number of nitrogens with zero attached hydrogens (tertiary/aromatic N) is 1. The van der Waals surface area contributed by atoms with E-state index in [4.69, 9.17) is 0 Å². The second-order valence-electron chi connectivity index (χ2n) is 8.48. The van der Waals surface area contributed by atoms with Crippen LogP contribution in [0.25, 0.3) is 0 Å². The molecule has 3 nitrogen and oxygen atoms in total. The molecular formula is C24H31NO2. The van der Waals surface area contributed by atoms with Gasteiger partial charge in [0.1, 0.15) is 5.75 Å². The third-order valence-electron chi connectivity index (χ3n) is 6.44. The molecule has 2 atom stereocenters. The topological polar surface area (TPSA) is 43.7 Å². The molecule has 1 aliphatic heterocycles. The molecule has 2 aromatic carbocycles. The van der Waals surface area contributed by atoms with Crippen molar-refractivity contribution in [3.05, 3.63) is 65.2 Å². The van der Waals surface area contributed by atoms with Gasteiger partial charge in [0.2, 0.25) is 0 Å². The average molecular weight is 366 g/mol. The zero-order valence-corrected chi connectivity index (χ0v) is 16.2. The Labute approximate surface area is 162 Å². The van der Waals surface area contributed by atoms with Gasteiger partial charge in [-0.2, -0.15) is 0 Å². The highest BCUT2D eigenvalue weighted by Crippen LogP contribution is 2.40. The number of hydrogen-bond acceptors (Lipinski definition) is 3. The summed E-state index contributed by atoms with van der Waals surface area (Å²) in [6.45, 7) is 4.20. The van der Waals surface area contributed by atoms with Gasteiger partial charge in [-0.3, -0.25) is 4.90 Å². The summed E-state index contributed by atoms with van der Waals surface area (Å²) in [4.78, 5) is 2.41. The van der Waals surface area contributed by atoms with Crippen LogP contribution in [0.5, 0.6) is 5.75 Å². The summed E-state index contributed by atoms with van der Waals surface area (Å²) >= 11 is 0. The van der Waals surface area contributed by atoms with E-state index in [1.54, 1.807) is 12.1 Å². The Bertz CT molecular complexity index is 745. The van der Waals surface area contributed by atoms with Crippen LogP contribution in [0.3, 0.4) is 0 Å². The lowest BCUT2D eigenvalue weighted by Crippen LogP contribution is -2.43. The lowest BCUT2D eigenvalue weighted by molar-refractivity contribution is 0.0373. The van der Waals surface area contributed by atoms with Crippen LogP contribution in [0.15, 0.2) is 48.5 Å². The minimum Gasteiger partial charge on any atom is -0.508 e. The van der Waals surface area contributed by atoms with Crippen molar-refractivity contribution in [2.75, 3.05) is 13.1 Å². The molecule has 0 aromatic heterocycles. The number of hydrogen-bond donors (Lipinski definition) is 2. The Morgan fingerprint density at radius 1 is 1.00 bits per heavy atom. The number of rotatable bonds is 6. The van der Waals surface area contributed by atoms with Crippen LogP contribution >= 0.6 is 0 Å². The van der Waals surface area contributed by atoms with Gasteiger partial charge in [0.15, 0.2) is 0 Å². The first kappa shape index (κ1) is 18.5. The van der Waals surface area contributed by atoms with E-state index in [9.17, 15) is 10.2 Å². The van der Waals surface area contributed by atoms with Crippen molar-refractivity contribution < 1.29 is 10.2 Å². The van der Waals surface area contributed by atoms with Gasteiger partial charge in [-0.25, -0.2) is 0 Å². The molecule has 2 aromatic rings. The first-order chi connectivity index (χ1) is 13.1. The van der Waals surface area contributed by atoms with E-state index in [-0.39, 0.29) is 11.8 Å². The van der Waals surface area contributed by atoms with Crippen molar-refractivity contribution in [2.24, 2.45) is 5.92 Å². The number of aromatic hydroxyl groups is 1. The molecular weight excluding hydrogens is 334 g/mol. The Morgan fingerprint density at radius 2 is 1.70 bits per heavy atom. The minimum absolute atomic E-state index is 0.0914. The van der Waals surface area contributed by atoms with Crippen molar-refractivity contribution in [1.82, 2.24) is 4.90 Å². The highest BCUT2D eigenvalue weighted by Gasteiger charge is 2.28. The molecule has 1 aliphatic carbocycles. The molecule has 1 saturated carbocycles. The van der Waals surface area contributed by atoms with Crippen LogP contribution in [0.1, 0.15) is 61.3 Å². The van der Waals surface area contributed by atoms with Crippen molar-refractivity contribution in [1.29, 1.82) is 0 Å². The molecule has 2 fully saturated rings. The number of aliphatic hydroxyl groups excluding tert-OH is 1. The van der Waals surface area contributed by atoms with Gasteiger partial charge in [0.25, 0.3) is 0 Å². The number of aliphatic hydroxyl groups is 1. The average Bonchev–Trinajstić information content (AvgIpc) is 3.54. The van der Waals surface area contributed by atoms with E-state index in [2.05, 4.69) is 36.1 Å². The smallest absolute Gasteiger partial charge is 0.115 e. The van der Waals surface area contributed by atoms with Crippen molar-refractivity contribution >= 4 is 0 Å². The normalized spacial score (nSPS) is 21.1. The fourth-order valence-corrected chi connectivity index (χ4v) is 4.44. The molecule has 144 valence electrons. The predicted octanol–water partition coefficient (Wildman–Crippen LogP) is 4.65. The summed E-state index contributed by atoms with van der Waals surface area (Å²) in [6.07, 6.45) is 5.79. The first-order valence-electron chi connectivity index (χ1n) is 10.4. The summed E-state index contributed by atoms with van der Waals surface area (Å²) in [7, 11) is 0. The molecule has 27 heavy (non-hydrogen) atoms. The molecule has 2 aliphatic rings. The van der Waals surface area contributed by atoms with Gasteiger partial charge in [-0.1, -0.05) is 36.4 Å². The van der Waals surface area contributed by atoms with Crippen LogP contribution < -0.4 is 0 Å². The quantitative estimate of drug-likeness (QED) is 0.783. The molecule has 2 N–H and O–H groups in total. The van der Waals surface area contributed by atoms with Gasteiger partial charge in [0, 0.05) is 6.04 Å². The molecule has 0 radical (unpaired) electrons. The van der Waals surface area contributed by atoms with E-state index >= 15 is 0 Å². The molecule has 1 saturated heterocycles. The Hall–Kier alpha value is -1.84. The zero-order valence-electron chi connectivity index (χ0n) is 16.2. The summed E-state index contributed by atoms with van der Waals surface area (Å²) < 4.78 is 0. The van der Waals surface area contributed by atoms with Crippen molar-refractivity contribution in [3.8, 4) is 5.75 Å². The van der Waals surface area contributed by atoms with Gasteiger partial charge in [-0.05, 0) is 92.8 Å². The van der Waals surface area contributed by atoms with Crippen molar-refractivity contribution in [3.63, 3.8) is 0 Å². The fraction of sp³-hybridized carbons (Fsp3) is 0.500. The lowest BCUT2D eigenvalue weighted by atomic mass is 9.88. The van der Waals surface area contributed by atoms with Crippen LogP contribution in [0.4, 0.5) is 0 Å². The third-order valence-corrected chi connectivity index (χ3v) is 6.44. The summed E-state index contributed by atoms with van der Waals surface area (Å²) in [6, 6.07) is 16.3. The SMILES string of the molecule is CC(C(O)c1ccc(O)cc1)N1CCC(Cc2cccc(C3CC3)c2)CC1. The van der Waals surface area contributed by atoms with E-state index in [0.29, 0.717) is 0 Å². The highest BCUT2D eigenvalue weighted by atomic mass is 16.3. The second-order valence-corrected chi connectivity index (χ2v) is 8.48. The van der Waals surface area contributed by atoms with Gasteiger partial charge >= 0.3 is 0 Å². The number of likely N-dealkylation sites (tertiary alicyclic amines) is 1. The van der Waals surface area contributed by atoms with Crippen molar-refractivity contribution in [2.45, 2.75) is 57.1 Å². The van der Waals surface area contributed by atoms with E-state index in [0.717, 1.165) is 30.5 Å². The molecule has 2 unspecified atom stereocenters. The number of benzene rings is 2. The monoisotopic (exact) mass is 365 g/mol. The molecule has 0 spiro atoms. The predicted molar refractivity (Wildman–Crippen MR) is 109 cm³/mol. The number of phenols is 1. The van der Waals surface area contributed by atoms with Gasteiger partial charge < -0.3 is 10.2 Å². The first-order valence-corrected chi connectivity index (χ1v) is 10.4. The molecule has 1 heterocycles. The van der Waals surface area contributed by atoms with E-state index in [1.807, 2.05) is 12.1 Å². The second kappa shape index (κ2) is 8.04. The van der Waals surface area contributed by atoms with Crippen LogP contribution in [0, 0.1) is 5.92 Å². The third kappa shape index (κ3) is 4.53. The number of piperidine rings is 1. The highest BCUT2D eigenvalue weighted by molar-refractivity contribution is 5.30. The van der Waals surface area contributed by atoms with Crippen LogP contribution in [0.2, 0.25) is 0 Å². The Morgan fingerprint density at radius 3 is 2.37 bits per heavy atom. The maximum absolute atomic E-state index is 10.7. The largest absolute Gasteiger partial charge is 0.508 e. The summed E-state index contributed by atoms with van der Waals surface area (Å²) in [5, 5.41) is 20.1. The molecule has 4 rings (SSSR count). The zero-order chi connectivity index (χ0) is 18.8. The summed E-state index contributed by atoms with van der Waals surface area (Å²) in [5.41, 5.74) is 3.91. The molecule has 3 heteroatoms. The van der Waals surface area contributed by atoms with Gasteiger partial charge in [0.05, 0.1) is 6.10 Å². The maximum Gasteiger partial charge on any atom is 0.115 e. The molecule has 0 amide bonds. The number of phenolic OH excluding ortho intramolecular Hbond substituents is 1. The Balaban J connectivity index is 1.30. The van der Waals surface area contributed by atoms with E-state index < -0.39 is 6.10 Å². The van der Waals surface area contributed by atoms with Crippen LogP contribution in [-0.4, -0.2) is 34.2 Å². The van der Waals surface area contributed by atoms with Gasteiger partial charge in [-0.15, -0.1) is 0 Å². The fourth-order valence-electron chi connectivity index (χ4n) is 4.44. The maximum atomic E-state index is 10.7. The molecule has 0 bridgehead atoms. The van der Waals surface area contributed by atoms with Crippen LogP contribution in [-0.2, 0) is 6.42 Å². The standard InChI is InChI=1S/C24H31NO2/c1-17(24(27)21-7-9-23(26)10-8-21)25-13-11-18(12-14-25)15-19-3-2-4-22(16-19)20-5-6-20/h2-4,7-10,16-18,20,24,26-27H,5-6,11-15H2,1H3. The minimum atomic E-state index is -0.516. The van der Waals surface area contributed by atoms with E-state index in [1.165, 1.54) is 43.2 Å².